The number of thioether (sulfide) groups is 1. The zero-order chi connectivity index (χ0) is 13.0. The fourth-order valence-corrected chi connectivity index (χ4v) is 3.19. The number of anilines is 1. The minimum atomic E-state index is 0.508. The van der Waals surface area contributed by atoms with E-state index in [0.29, 0.717) is 11.3 Å². The lowest BCUT2D eigenvalue weighted by Gasteiger charge is -2.32. The molecule has 0 saturated carbocycles. The van der Waals surface area contributed by atoms with E-state index in [-0.39, 0.29) is 0 Å². The molecular formula is C14H23N3S. The van der Waals surface area contributed by atoms with Gasteiger partial charge in [-0.3, -0.25) is 0 Å². The van der Waals surface area contributed by atoms with Gasteiger partial charge in [-0.05, 0) is 6.07 Å². The lowest BCUT2D eigenvalue weighted by molar-refractivity contribution is 0.586. The number of hydrogen-bond acceptors (Lipinski definition) is 4. The van der Waals surface area contributed by atoms with E-state index in [4.69, 9.17) is 0 Å². The molecule has 1 aliphatic heterocycles. The van der Waals surface area contributed by atoms with Gasteiger partial charge in [0.15, 0.2) is 0 Å². The highest BCUT2D eigenvalue weighted by molar-refractivity contribution is 8.00. The zero-order valence-electron chi connectivity index (χ0n) is 11.5. The van der Waals surface area contributed by atoms with Crippen molar-refractivity contribution < 1.29 is 0 Å². The Bertz CT molecular complexity index is 381. The number of hydrogen-bond donors (Lipinski definition) is 1. The van der Waals surface area contributed by atoms with E-state index in [1.54, 1.807) is 0 Å². The summed E-state index contributed by atoms with van der Waals surface area (Å²) < 4.78 is 0. The Hall–Kier alpha value is -0.740. The first-order valence-corrected chi connectivity index (χ1v) is 7.75. The van der Waals surface area contributed by atoms with Gasteiger partial charge in [0, 0.05) is 48.4 Å². The van der Waals surface area contributed by atoms with Crippen LogP contribution in [0.3, 0.4) is 0 Å². The Labute approximate surface area is 114 Å². The van der Waals surface area contributed by atoms with Crippen molar-refractivity contribution in [3.63, 3.8) is 0 Å². The molecule has 1 aromatic rings. The van der Waals surface area contributed by atoms with E-state index in [9.17, 15) is 0 Å². The van der Waals surface area contributed by atoms with Crippen molar-refractivity contribution in [2.45, 2.75) is 38.6 Å². The first-order chi connectivity index (χ1) is 8.66. The van der Waals surface area contributed by atoms with Crippen LogP contribution in [0, 0.1) is 0 Å². The van der Waals surface area contributed by atoms with Gasteiger partial charge in [0.25, 0.3) is 0 Å². The van der Waals surface area contributed by atoms with E-state index < -0.39 is 0 Å². The lowest BCUT2D eigenvalue weighted by Crippen LogP contribution is -2.38. The average molecular weight is 265 g/mol. The summed E-state index contributed by atoms with van der Waals surface area (Å²) >= 11 is 2.06. The molecule has 3 nitrogen and oxygen atoms in total. The molecule has 18 heavy (non-hydrogen) atoms. The van der Waals surface area contributed by atoms with Gasteiger partial charge in [0.05, 0.1) is 0 Å². The van der Waals surface area contributed by atoms with Crippen LogP contribution in [0.5, 0.6) is 0 Å². The number of pyridine rings is 1. The molecule has 1 aliphatic rings. The summed E-state index contributed by atoms with van der Waals surface area (Å²) in [5, 5.41) is 4.18. The molecule has 1 fully saturated rings. The topological polar surface area (TPSA) is 28.2 Å². The third kappa shape index (κ3) is 3.62. The first kappa shape index (κ1) is 13.7. The van der Waals surface area contributed by atoms with Crippen molar-refractivity contribution in [2.75, 3.05) is 23.7 Å². The summed E-state index contributed by atoms with van der Waals surface area (Å²) in [6.07, 6.45) is 1.90. The van der Waals surface area contributed by atoms with Crippen LogP contribution in [0.15, 0.2) is 18.3 Å². The largest absolute Gasteiger partial charge is 0.354 e. The molecule has 0 bridgehead atoms. The predicted molar refractivity (Wildman–Crippen MR) is 80.3 cm³/mol. The molecule has 1 unspecified atom stereocenters. The summed E-state index contributed by atoms with van der Waals surface area (Å²) in [5.41, 5.74) is 1.31. The van der Waals surface area contributed by atoms with Gasteiger partial charge in [-0.1, -0.05) is 26.8 Å². The molecule has 100 valence electrons. The molecule has 0 aromatic carbocycles. The molecule has 4 heteroatoms. The summed E-state index contributed by atoms with van der Waals surface area (Å²) in [6.45, 7) is 9.77. The van der Waals surface area contributed by atoms with E-state index in [2.05, 4.69) is 53.8 Å². The van der Waals surface area contributed by atoms with Crippen molar-refractivity contribution in [3.8, 4) is 0 Å². The number of nitrogens with zero attached hydrogens (tertiary/aromatic N) is 2. The van der Waals surface area contributed by atoms with Crippen molar-refractivity contribution in [2.24, 2.45) is 0 Å². The van der Waals surface area contributed by atoms with Crippen molar-refractivity contribution >= 4 is 17.6 Å². The molecule has 1 atom stereocenters. The normalized spacial score (nSPS) is 20.4. The van der Waals surface area contributed by atoms with Gasteiger partial charge in [-0.2, -0.15) is 11.8 Å². The third-order valence-corrected chi connectivity index (χ3v) is 4.25. The van der Waals surface area contributed by atoms with Gasteiger partial charge in [0.1, 0.15) is 5.82 Å². The van der Waals surface area contributed by atoms with E-state index in [0.717, 1.165) is 25.5 Å². The van der Waals surface area contributed by atoms with Crippen molar-refractivity contribution in [3.05, 3.63) is 23.9 Å². The number of nitrogens with one attached hydrogen (secondary N) is 1. The molecule has 1 aromatic heterocycles. The van der Waals surface area contributed by atoms with Gasteiger partial charge >= 0.3 is 0 Å². The lowest BCUT2D eigenvalue weighted by atomic mass is 10.2. The molecule has 1 N–H and O–H groups in total. The van der Waals surface area contributed by atoms with Crippen LogP contribution < -0.4 is 10.2 Å². The SMILES string of the molecule is CC(C)NCc1cccnc1N1CCSC(C)C1. The van der Waals surface area contributed by atoms with Crippen LogP contribution in [0.1, 0.15) is 26.3 Å². The second-order valence-corrected chi connectivity index (χ2v) is 6.70. The Morgan fingerprint density at radius 3 is 3.11 bits per heavy atom. The minimum absolute atomic E-state index is 0.508. The molecule has 0 aliphatic carbocycles. The summed E-state index contributed by atoms with van der Waals surface area (Å²) in [7, 11) is 0. The van der Waals surface area contributed by atoms with Gasteiger partial charge < -0.3 is 10.2 Å². The van der Waals surface area contributed by atoms with Crippen LogP contribution in [-0.2, 0) is 6.54 Å². The first-order valence-electron chi connectivity index (χ1n) is 6.70. The molecule has 0 amide bonds. The maximum Gasteiger partial charge on any atom is 0.133 e. The summed E-state index contributed by atoms with van der Waals surface area (Å²) in [4.78, 5) is 7.02. The fourth-order valence-electron chi connectivity index (χ4n) is 2.18. The zero-order valence-corrected chi connectivity index (χ0v) is 12.3. The van der Waals surface area contributed by atoms with E-state index in [1.807, 2.05) is 12.3 Å². The highest BCUT2D eigenvalue weighted by Crippen LogP contribution is 2.24. The average Bonchev–Trinajstić information content (AvgIpc) is 2.36. The van der Waals surface area contributed by atoms with Crippen molar-refractivity contribution in [1.29, 1.82) is 0 Å². The predicted octanol–water partition coefficient (Wildman–Crippen LogP) is 2.52. The fraction of sp³-hybridized carbons (Fsp3) is 0.643. The van der Waals surface area contributed by atoms with Crippen LogP contribution >= 0.6 is 11.8 Å². The summed E-state index contributed by atoms with van der Waals surface area (Å²) in [6, 6.07) is 4.72. The van der Waals surface area contributed by atoms with Gasteiger partial charge in [-0.25, -0.2) is 4.98 Å². The van der Waals surface area contributed by atoms with Crippen LogP contribution in [0.25, 0.3) is 0 Å². The second kappa shape index (κ2) is 6.43. The van der Waals surface area contributed by atoms with Crippen LogP contribution in [0.2, 0.25) is 0 Å². The maximum absolute atomic E-state index is 4.59. The Morgan fingerprint density at radius 1 is 1.56 bits per heavy atom. The maximum atomic E-state index is 4.59. The van der Waals surface area contributed by atoms with Gasteiger partial charge in [0.2, 0.25) is 0 Å². The smallest absolute Gasteiger partial charge is 0.133 e. The second-order valence-electron chi connectivity index (χ2n) is 5.15. The number of rotatable bonds is 4. The highest BCUT2D eigenvalue weighted by atomic mass is 32.2. The molecule has 0 radical (unpaired) electrons. The van der Waals surface area contributed by atoms with E-state index in [1.165, 1.54) is 11.3 Å². The van der Waals surface area contributed by atoms with Crippen LogP contribution in [0.4, 0.5) is 5.82 Å². The molecule has 0 spiro atoms. The molecule has 2 heterocycles. The molecule has 2 rings (SSSR count). The third-order valence-electron chi connectivity index (χ3n) is 3.11. The van der Waals surface area contributed by atoms with Crippen molar-refractivity contribution in [1.82, 2.24) is 10.3 Å². The van der Waals surface area contributed by atoms with E-state index >= 15 is 0 Å². The number of aromatic nitrogens is 1. The molecular weight excluding hydrogens is 242 g/mol. The minimum Gasteiger partial charge on any atom is -0.354 e. The Balaban J connectivity index is 2.10. The monoisotopic (exact) mass is 265 g/mol. The van der Waals surface area contributed by atoms with Crippen LogP contribution in [-0.4, -0.2) is 35.1 Å². The standard InChI is InChI=1S/C14H23N3S/c1-11(2)16-9-13-5-4-6-15-14(13)17-7-8-18-12(3)10-17/h4-6,11-12,16H,7-10H2,1-3H3. The Kier molecular flexibility index (Phi) is 4.89. The quantitative estimate of drug-likeness (QED) is 0.905. The Morgan fingerprint density at radius 2 is 2.39 bits per heavy atom. The highest BCUT2D eigenvalue weighted by Gasteiger charge is 2.19. The van der Waals surface area contributed by atoms with Gasteiger partial charge in [-0.15, -0.1) is 0 Å². The molecule has 1 saturated heterocycles. The summed E-state index contributed by atoms with van der Waals surface area (Å²) in [5.74, 6) is 2.37.